The van der Waals surface area contributed by atoms with E-state index >= 15 is 0 Å². The Bertz CT molecular complexity index is 3280. The summed E-state index contributed by atoms with van der Waals surface area (Å²) < 4.78 is 4.70. The Kier molecular flexibility index (Phi) is 5.47. The molecule has 8 aromatic carbocycles. The molecule has 240 valence electrons. The maximum atomic E-state index is 5.37. The first-order valence-electron chi connectivity index (χ1n) is 17.8. The van der Waals surface area contributed by atoms with Crippen LogP contribution in [0.25, 0.3) is 110 Å². The van der Waals surface area contributed by atoms with E-state index in [1.54, 1.807) is 0 Å². The highest BCUT2D eigenvalue weighted by Gasteiger charge is 2.27. The van der Waals surface area contributed by atoms with Crippen LogP contribution in [-0.4, -0.2) is 19.1 Å². The minimum Gasteiger partial charge on any atom is -0.309 e. The molecule has 1 aliphatic carbocycles. The molecular weight excluding hydrogens is 633 g/mol. The molecule has 0 unspecified atom stereocenters. The van der Waals surface area contributed by atoms with Crippen LogP contribution in [0.4, 0.5) is 0 Å². The van der Waals surface area contributed by atoms with Crippen molar-refractivity contribution in [2.24, 2.45) is 0 Å². The lowest BCUT2D eigenvalue weighted by Gasteiger charge is -2.15. The SMILES string of the molecule is c1ccc(-c2nc(-n3c4cccc5c4c4c6c(cccc6ccc43)-c3cc4c6ccccc6n(-c6ccccc6)c4cc3-5)nc3ccccc23)cc1. The topological polar surface area (TPSA) is 35.6 Å². The van der Waals surface area contributed by atoms with Crippen molar-refractivity contribution in [2.75, 3.05) is 0 Å². The monoisotopic (exact) mass is 660 g/mol. The van der Waals surface area contributed by atoms with Gasteiger partial charge in [0, 0.05) is 38.2 Å². The van der Waals surface area contributed by atoms with Crippen LogP contribution in [-0.2, 0) is 0 Å². The number of rotatable bonds is 3. The third kappa shape index (κ3) is 3.65. The van der Waals surface area contributed by atoms with Crippen LogP contribution < -0.4 is 0 Å². The second-order valence-corrected chi connectivity index (χ2v) is 13.8. The van der Waals surface area contributed by atoms with E-state index in [2.05, 4.69) is 179 Å². The minimum atomic E-state index is 0.673. The zero-order valence-electron chi connectivity index (χ0n) is 28.0. The van der Waals surface area contributed by atoms with Gasteiger partial charge in [-0.05, 0) is 81.6 Å². The number of benzene rings is 8. The molecule has 52 heavy (non-hydrogen) atoms. The zero-order chi connectivity index (χ0) is 33.9. The summed E-state index contributed by atoms with van der Waals surface area (Å²) in [6, 6.07) is 61.2. The van der Waals surface area contributed by atoms with Crippen molar-refractivity contribution in [1.29, 1.82) is 0 Å². The molecule has 4 heteroatoms. The number of hydrogen-bond acceptors (Lipinski definition) is 2. The van der Waals surface area contributed by atoms with Crippen molar-refractivity contribution < 1.29 is 0 Å². The van der Waals surface area contributed by atoms with Crippen LogP contribution in [0.1, 0.15) is 0 Å². The molecule has 0 spiro atoms. The van der Waals surface area contributed by atoms with Gasteiger partial charge < -0.3 is 4.57 Å². The Balaban J connectivity index is 1.24. The molecule has 3 heterocycles. The average Bonchev–Trinajstić information content (AvgIpc) is 3.69. The molecule has 11 aromatic rings. The smallest absolute Gasteiger partial charge is 0.235 e. The largest absolute Gasteiger partial charge is 0.309 e. The van der Waals surface area contributed by atoms with Gasteiger partial charge in [0.15, 0.2) is 0 Å². The van der Waals surface area contributed by atoms with E-state index < -0.39 is 0 Å². The molecule has 0 atom stereocenters. The molecule has 0 bridgehead atoms. The van der Waals surface area contributed by atoms with Crippen molar-refractivity contribution in [3.05, 3.63) is 170 Å². The molecule has 4 nitrogen and oxygen atoms in total. The van der Waals surface area contributed by atoms with Crippen LogP contribution in [0.3, 0.4) is 0 Å². The van der Waals surface area contributed by atoms with Gasteiger partial charge in [0.2, 0.25) is 5.95 Å². The maximum absolute atomic E-state index is 5.37. The molecule has 12 rings (SSSR count). The first-order chi connectivity index (χ1) is 25.8. The molecule has 0 saturated heterocycles. The number of aromatic nitrogens is 4. The maximum Gasteiger partial charge on any atom is 0.235 e. The summed E-state index contributed by atoms with van der Waals surface area (Å²) in [4.78, 5) is 10.6. The van der Waals surface area contributed by atoms with Crippen molar-refractivity contribution in [1.82, 2.24) is 19.1 Å². The summed E-state index contributed by atoms with van der Waals surface area (Å²) in [7, 11) is 0. The van der Waals surface area contributed by atoms with Gasteiger partial charge in [-0.1, -0.05) is 121 Å². The van der Waals surface area contributed by atoms with Gasteiger partial charge in [0.25, 0.3) is 0 Å². The number of para-hydroxylation sites is 3. The summed E-state index contributed by atoms with van der Waals surface area (Å²) in [5, 5.41) is 8.52. The van der Waals surface area contributed by atoms with E-state index in [1.165, 1.54) is 65.6 Å². The van der Waals surface area contributed by atoms with Gasteiger partial charge in [0.05, 0.1) is 33.3 Å². The van der Waals surface area contributed by atoms with Gasteiger partial charge in [-0.15, -0.1) is 0 Å². The van der Waals surface area contributed by atoms with Gasteiger partial charge in [0.1, 0.15) is 0 Å². The van der Waals surface area contributed by atoms with E-state index in [0.717, 1.165) is 38.9 Å². The first kappa shape index (κ1) is 27.7. The van der Waals surface area contributed by atoms with Gasteiger partial charge in [-0.3, -0.25) is 4.57 Å². The Morgan fingerprint density at radius 3 is 1.90 bits per heavy atom. The standard InChI is InChI=1S/C48H28N4/c1-3-13-30(14-4-1)47-35-19-7-9-22-39(35)49-48(50-47)52-41-24-12-21-34-37-28-43-38(32-18-8-10-23-40(32)51(43)31-16-5-2-6-17-31)27-36(37)33-20-11-15-29-25-26-42(52)46(44(29)33)45(34)41/h1-28H. The Morgan fingerprint density at radius 2 is 1.04 bits per heavy atom. The fraction of sp³-hybridized carbons (Fsp3) is 0. The normalized spacial score (nSPS) is 12.2. The highest BCUT2D eigenvalue weighted by atomic mass is 15.2. The highest BCUT2D eigenvalue weighted by molar-refractivity contribution is 6.31. The summed E-state index contributed by atoms with van der Waals surface area (Å²) in [6.07, 6.45) is 0. The summed E-state index contributed by atoms with van der Waals surface area (Å²) >= 11 is 0. The molecule has 0 fully saturated rings. The molecular formula is C48H28N4. The third-order valence-electron chi connectivity index (χ3n) is 11.0. The number of fused-ring (bicyclic) bond motifs is 7. The lowest BCUT2D eigenvalue weighted by atomic mass is 9.91. The van der Waals surface area contributed by atoms with Crippen LogP contribution in [0, 0.1) is 0 Å². The van der Waals surface area contributed by atoms with Gasteiger partial charge >= 0.3 is 0 Å². The van der Waals surface area contributed by atoms with E-state index in [1.807, 2.05) is 0 Å². The quantitative estimate of drug-likeness (QED) is 0.189. The summed E-state index contributed by atoms with van der Waals surface area (Å²) in [5.41, 5.74) is 13.6. The fourth-order valence-corrected chi connectivity index (χ4v) is 8.89. The lowest BCUT2D eigenvalue weighted by molar-refractivity contribution is 1.01. The van der Waals surface area contributed by atoms with Crippen molar-refractivity contribution in [3.8, 4) is 45.1 Å². The first-order valence-corrected chi connectivity index (χ1v) is 17.8. The third-order valence-corrected chi connectivity index (χ3v) is 11.0. The summed E-state index contributed by atoms with van der Waals surface area (Å²) in [6.45, 7) is 0. The number of nitrogens with zero attached hydrogens (tertiary/aromatic N) is 4. The van der Waals surface area contributed by atoms with Crippen molar-refractivity contribution in [3.63, 3.8) is 0 Å². The van der Waals surface area contributed by atoms with E-state index in [4.69, 9.17) is 9.97 Å². The lowest BCUT2D eigenvalue weighted by Crippen LogP contribution is -2.03. The highest BCUT2D eigenvalue weighted by Crippen LogP contribution is 2.51. The second-order valence-electron chi connectivity index (χ2n) is 13.8. The van der Waals surface area contributed by atoms with Gasteiger partial charge in [-0.25, -0.2) is 9.97 Å². The second kappa shape index (κ2) is 10.3. The molecule has 1 aliphatic rings. The van der Waals surface area contributed by atoms with Crippen LogP contribution in [0.2, 0.25) is 0 Å². The van der Waals surface area contributed by atoms with Crippen LogP contribution >= 0.6 is 0 Å². The van der Waals surface area contributed by atoms with Gasteiger partial charge in [-0.2, -0.15) is 0 Å². The Labute approximate surface area is 298 Å². The fourth-order valence-electron chi connectivity index (χ4n) is 8.89. The Morgan fingerprint density at radius 1 is 0.365 bits per heavy atom. The molecule has 0 radical (unpaired) electrons. The molecule has 3 aromatic heterocycles. The van der Waals surface area contributed by atoms with E-state index in [0.29, 0.717) is 5.95 Å². The molecule has 0 aliphatic heterocycles. The minimum absolute atomic E-state index is 0.673. The predicted molar refractivity (Wildman–Crippen MR) is 216 cm³/mol. The van der Waals surface area contributed by atoms with E-state index in [-0.39, 0.29) is 0 Å². The average molecular weight is 661 g/mol. The zero-order valence-corrected chi connectivity index (χ0v) is 28.0. The predicted octanol–water partition coefficient (Wildman–Crippen LogP) is 12.3. The van der Waals surface area contributed by atoms with E-state index in [9.17, 15) is 0 Å². The van der Waals surface area contributed by atoms with Crippen LogP contribution in [0.15, 0.2) is 170 Å². The van der Waals surface area contributed by atoms with Crippen molar-refractivity contribution in [2.45, 2.75) is 0 Å². The molecule has 0 N–H and O–H groups in total. The Hall–Kier alpha value is -7.04. The molecule has 0 saturated carbocycles. The molecule has 0 amide bonds. The van der Waals surface area contributed by atoms with Crippen molar-refractivity contribution >= 4 is 65.3 Å². The van der Waals surface area contributed by atoms with Crippen LogP contribution in [0.5, 0.6) is 0 Å². The summed E-state index contributed by atoms with van der Waals surface area (Å²) in [5.74, 6) is 0.673. The number of hydrogen-bond donors (Lipinski definition) is 0.